The Balaban J connectivity index is 1.35. The fourth-order valence-corrected chi connectivity index (χ4v) is 8.63. The van der Waals surface area contributed by atoms with Gasteiger partial charge in [0.1, 0.15) is 24.7 Å². The van der Waals surface area contributed by atoms with Crippen molar-refractivity contribution >= 4 is 11.6 Å². The molecular weight excluding hydrogens is 949 g/mol. The van der Waals surface area contributed by atoms with Gasteiger partial charge in [-0.2, -0.15) is 0 Å². The summed E-state index contributed by atoms with van der Waals surface area (Å²) in [6, 6.07) is 13.7. The SMILES string of the molecule is CCCCCCCCCCCCCCCCOCCOCCOCCOCCOc1cccc(C(=O)CC(=O)c2cccc(OCCOCCOCCOCCOCCCCCCCCCCCCCCCC)c2)c1. The summed E-state index contributed by atoms with van der Waals surface area (Å²) in [5, 5.41) is 0. The van der Waals surface area contributed by atoms with E-state index in [1.807, 2.05) is 0 Å². The standard InChI is InChI=1S/C63H108O12/c1-3-5-7-9-11-13-15-17-19-21-23-25-27-29-37-66-39-41-68-43-45-70-47-49-72-51-53-74-60-35-31-33-58(55-60)62(64)57-63(65)59-34-32-36-61(56-59)75-54-52-73-50-48-71-46-44-69-42-40-67-38-30-28-26-24-22-20-18-16-14-12-10-8-6-4-2/h31-36,55-56H,3-30,37-54,57H2,1-2H3. The van der Waals surface area contributed by atoms with E-state index < -0.39 is 0 Å². The molecule has 2 aromatic rings. The molecule has 2 aromatic carbocycles. The van der Waals surface area contributed by atoms with Gasteiger partial charge in [0.15, 0.2) is 11.6 Å². The summed E-state index contributed by atoms with van der Waals surface area (Å²) in [6.45, 7) is 13.8. The number of unbranched alkanes of at least 4 members (excludes halogenated alkanes) is 26. The van der Waals surface area contributed by atoms with Gasteiger partial charge in [0.2, 0.25) is 0 Å². The second-order valence-corrected chi connectivity index (χ2v) is 19.9. The lowest BCUT2D eigenvalue weighted by atomic mass is 10.0. The van der Waals surface area contributed by atoms with Gasteiger partial charge in [0.05, 0.1) is 98.9 Å². The van der Waals surface area contributed by atoms with Crippen molar-refractivity contribution in [1.82, 2.24) is 0 Å². The largest absolute Gasteiger partial charge is 0.491 e. The average molecular weight is 1060 g/mol. The fourth-order valence-electron chi connectivity index (χ4n) is 8.63. The van der Waals surface area contributed by atoms with Gasteiger partial charge in [0, 0.05) is 24.3 Å². The van der Waals surface area contributed by atoms with E-state index in [9.17, 15) is 9.59 Å². The lowest BCUT2D eigenvalue weighted by Gasteiger charge is -2.10. The highest BCUT2D eigenvalue weighted by molar-refractivity contribution is 6.13. The smallest absolute Gasteiger partial charge is 0.170 e. The number of carbonyl (C=O) groups is 2. The molecule has 0 amide bonds. The van der Waals surface area contributed by atoms with Gasteiger partial charge in [-0.05, 0) is 37.1 Å². The molecule has 0 spiro atoms. The molecule has 0 saturated heterocycles. The maximum atomic E-state index is 13.1. The molecule has 12 heteroatoms. The van der Waals surface area contributed by atoms with Gasteiger partial charge in [-0.1, -0.05) is 205 Å². The number of hydrogen-bond donors (Lipinski definition) is 0. The quantitative estimate of drug-likeness (QED) is 0.0355. The lowest BCUT2D eigenvalue weighted by Crippen LogP contribution is -2.14. The first-order chi connectivity index (χ1) is 37.1. The monoisotopic (exact) mass is 1060 g/mol. The molecule has 0 unspecified atom stereocenters. The molecule has 0 atom stereocenters. The van der Waals surface area contributed by atoms with Gasteiger partial charge in [-0.15, -0.1) is 0 Å². The number of carbonyl (C=O) groups excluding carboxylic acids is 2. The molecule has 0 aliphatic carbocycles. The Morgan fingerprint density at radius 3 is 0.773 bits per heavy atom. The van der Waals surface area contributed by atoms with Gasteiger partial charge >= 0.3 is 0 Å². The van der Waals surface area contributed by atoms with Gasteiger partial charge < -0.3 is 47.4 Å². The van der Waals surface area contributed by atoms with Crippen molar-refractivity contribution in [2.75, 3.05) is 119 Å². The first-order valence-corrected chi connectivity index (χ1v) is 30.3. The van der Waals surface area contributed by atoms with E-state index in [2.05, 4.69) is 13.8 Å². The minimum atomic E-state index is -0.288. The second-order valence-electron chi connectivity index (χ2n) is 19.9. The molecule has 0 saturated carbocycles. The molecule has 0 aromatic heterocycles. The van der Waals surface area contributed by atoms with E-state index in [-0.39, 0.29) is 18.0 Å². The van der Waals surface area contributed by atoms with Gasteiger partial charge in [-0.25, -0.2) is 0 Å². The van der Waals surface area contributed by atoms with Crippen LogP contribution in [0.15, 0.2) is 48.5 Å². The van der Waals surface area contributed by atoms with Crippen molar-refractivity contribution in [2.24, 2.45) is 0 Å². The summed E-state index contributed by atoms with van der Waals surface area (Å²) in [4.78, 5) is 26.1. The summed E-state index contributed by atoms with van der Waals surface area (Å²) in [7, 11) is 0. The third-order valence-corrected chi connectivity index (χ3v) is 13.1. The van der Waals surface area contributed by atoms with Crippen LogP contribution >= 0.6 is 0 Å². The molecule has 0 fully saturated rings. The zero-order chi connectivity index (χ0) is 53.4. The van der Waals surface area contributed by atoms with Crippen LogP contribution in [0, 0.1) is 0 Å². The maximum Gasteiger partial charge on any atom is 0.170 e. The van der Waals surface area contributed by atoms with Crippen LogP contribution < -0.4 is 9.47 Å². The van der Waals surface area contributed by atoms with Crippen LogP contribution in [0.3, 0.4) is 0 Å². The van der Waals surface area contributed by atoms with Crippen molar-refractivity contribution in [1.29, 1.82) is 0 Å². The van der Waals surface area contributed by atoms with Gasteiger partial charge in [0.25, 0.3) is 0 Å². The first kappa shape index (κ1) is 68.2. The average Bonchev–Trinajstić information content (AvgIpc) is 3.42. The topological polar surface area (TPSA) is 126 Å². The third-order valence-electron chi connectivity index (χ3n) is 13.1. The molecule has 0 N–H and O–H groups in total. The Morgan fingerprint density at radius 1 is 0.280 bits per heavy atom. The molecule has 0 radical (unpaired) electrons. The second kappa shape index (κ2) is 54.4. The molecule has 75 heavy (non-hydrogen) atoms. The zero-order valence-electron chi connectivity index (χ0n) is 47.8. The van der Waals surface area contributed by atoms with E-state index >= 15 is 0 Å². The van der Waals surface area contributed by atoms with Crippen molar-refractivity contribution < 1.29 is 57.0 Å². The molecule has 0 heterocycles. The molecule has 432 valence electrons. The Bertz CT molecular complexity index is 1430. The minimum absolute atomic E-state index is 0.268. The zero-order valence-corrected chi connectivity index (χ0v) is 47.8. The molecule has 0 aliphatic heterocycles. The molecule has 0 aliphatic rings. The Kier molecular flexibility index (Phi) is 49.5. The highest BCUT2D eigenvalue weighted by Crippen LogP contribution is 2.19. The number of Topliss-reactive ketones (excluding diaryl/α,β-unsaturated/α-hetero) is 2. The minimum Gasteiger partial charge on any atom is -0.491 e. The molecule has 12 nitrogen and oxygen atoms in total. The highest BCUT2D eigenvalue weighted by atomic mass is 16.6. The summed E-state index contributed by atoms with van der Waals surface area (Å²) in [5.41, 5.74) is 0.816. The van der Waals surface area contributed by atoms with Crippen LogP contribution in [0.1, 0.15) is 221 Å². The van der Waals surface area contributed by atoms with E-state index in [0.717, 1.165) is 26.1 Å². The predicted octanol–water partition coefficient (Wildman–Crippen LogP) is 15.0. The normalized spacial score (nSPS) is 11.4. The Morgan fingerprint density at radius 2 is 0.507 bits per heavy atom. The molecule has 0 bridgehead atoms. The number of hydrogen-bond acceptors (Lipinski definition) is 12. The van der Waals surface area contributed by atoms with Crippen molar-refractivity contribution in [3.63, 3.8) is 0 Å². The van der Waals surface area contributed by atoms with Gasteiger partial charge in [-0.3, -0.25) is 9.59 Å². The van der Waals surface area contributed by atoms with E-state index in [1.54, 1.807) is 48.5 Å². The number of rotatable bonds is 60. The summed E-state index contributed by atoms with van der Waals surface area (Å²) < 4.78 is 56.7. The first-order valence-electron chi connectivity index (χ1n) is 30.3. The third kappa shape index (κ3) is 44.7. The van der Waals surface area contributed by atoms with Crippen LogP contribution in [0.25, 0.3) is 0 Å². The van der Waals surface area contributed by atoms with Crippen molar-refractivity contribution in [2.45, 2.75) is 200 Å². The molecular formula is C63H108O12. The van der Waals surface area contributed by atoms with E-state index in [1.165, 1.54) is 167 Å². The predicted molar refractivity (Wildman–Crippen MR) is 304 cm³/mol. The summed E-state index contributed by atoms with van der Waals surface area (Å²) in [6.07, 6.45) is 37.8. The van der Waals surface area contributed by atoms with Crippen LogP contribution in [-0.2, 0) is 37.9 Å². The Hall–Kier alpha value is -2.94. The van der Waals surface area contributed by atoms with Crippen LogP contribution in [0.2, 0.25) is 0 Å². The summed E-state index contributed by atoms with van der Waals surface area (Å²) in [5.74, 6) is 0.495. The lowest BCUT2D eigenvalue weighted by molar-refractivity contribution is -0.00487. The van der Waals surface area contributed by atoms with Crippen molar-refractivity contribution in [3.8, 4) is 11.5 Å². The number of ketones is 2. The van der Waals surface area contributed by atoms with Crippen LogP contribution in [-0.4, -0.2) is 130 Å². The molecule has 2 rings (SSSR count). The summed E-state index contributed by atoms with van der Waals surface area (Å²) >= 11 is 0. The number of ether oxygens (including phenoxy) is 10. The van der Waals surface area contributed by atoms with Crippen LogP contribution in [0.4, 0.5) is 0 Å². The Labute approximate surface area is 457 Å². The highest BCUT2D eigenvalue weighted by Gasteiger charge is 2.15. The maximum absolute atomic E-state index is 13.1. The van der Waals surface area contributed by atoms with E-state index in [0.29, 0.717) is 128 Å². The number of benzene rings is 2. The fraction of sp³-hybridized carbons (Fsp3) is 0.778. The van der Waals surface area contributed by atoms with Crippen molar-refractivity contribution in [3.05, 3.63) is 59.7 Å². The van der Waals surface area contributed by atoms with Crippen LogP contribution in [0.5, 0.6) is 11.5 Å². The van der Waals surface area contributed by atoms with E-state index in [4.69, 9.17) is 47.4 Å².